The Morgan fingerprint density at radius 2 is 1.55 bits per heavy atom. The van der Waals surface area contributed by atoms with Gasteiger partial charge in [0.2, 0.25) is 5.91 Å². The molecule has 0 radical (unpaired) electrons. The highest BCUT2D eigenvalue weighted by Gasteiger charge is 2.32. The molecule has 5 nitrogen and oxygen atoms in total. The Kier molecular flexibility index (Phi) is 5.85. The zero-order valence-corrected chi connectivity index (χ0v) is 17.9. The zero-order chi connectivity index (χ0) is 22.0. The SMILES string of the molecule is CC[C@H](C)c1ccc(NC(=O)CCCN2C(=O)c3cccc4cccc(c34)C2=O)cc1. The fourth-order valence-corrected chi connectivity index (χ4v) is 4.04. The van der Waals surface area contributed by atoms with E-state index in [4.69, 9.17) is 0 Å². The van der Waals surface area contributed by atoms with Crippen LogP contribution in [0.5, 0.6) is 0 Å². The number of nitrogens with one attached hydrogen (secondary N) is 1. The fourth-order valence-electron chi connectivity index (χ4n) is 4.04. The molecule has 0 spiro atoms. The highest BCUT2D eigenvalue weighted by molar-refractivity contribution is 6.25. The molecule has 1 aliphatic rings. The van der Waals surface area contributed by atoms with Crippen LogP contribution in [0.4, 0.5) is 5.69 Å². The van der Waals surface area contributed by atoms with Crippen LogP contribution in [0.1, 0.15) is 65.3 Å². The Balaban J connectivity index is 1.37. The Morgan fingerprint density at radius 3 is 2.13 bits per heavy atom. The number of rotatable bonds is 7. The molecule has 0 unspecified atom stereocenters. The molecule has 158 valence electrons. The average molecular weight is 415 g/mol. The van der Waals surface area contributed by atoms with Crippen LogP contribution in [0.2, 0.25) is 0 Å². The van der Waals surface area contributed by atoms with Crippen LogP contribution in [-0.4, -0.2) is 29.2 Å². The van der Waals surface area contributed by atoms with Crippen molar-refractivity contribution < 1.29 is 14.4 Å². The van der Waals surface area contributed by atoms with E-state index < -0.39 is 0 Å². The molecule has 5 heteroatoms. The molecule has 0 saturated carbocycles. The summed E-state index contributed by atoms with van der Waals surface area (Å²) in [6.45, 7) is 4.54. The van der Waals surface area contributed by atoms with Gasteiger partial charge in [0.25, 0.3) is 11.8 Å². The Morgan fingerprint density at radius 1 is 0.935 bits per heavy atom. The minimum absolute atomic E-state index is 0.129. The molecule has 3 aromatic rings. The average Bonchev–Trinajstić information content (AvgIpc) is 2.79. The third kappa shape index (κ3) is 4.08. The van der Waals surface area contributed by atoms with Gasteiger partial charge in [-0.05, 0) is 54.0 Å². The summed E-state index contributed by atoms with van der Waals surface area (Å²) in [5, 5.41) is 4.49. The van der Waals surface area contributed by atoms with E-state index in [0.717, 1.165) is 22.9 Å². The first kappa shape index (κ1) is 20.8. The molecule has 3 aromatic carbocycles. The van der Waals surface area contributed by atoms with E-state index in [0.29, 0.717) is 23.5 Å². The first-order valence-corrected chi connectivity index (χ1v) is 10.8. The van der Waals surface area contributed by atoms with Gasteiger partial charge in [0.15, 0.2) is 0 Å². The summed E-state index contributed by atoms with van der Waals surface area (Å²) < 4.78 is 0. The zero-order valence-electron chi connectivity index (χ0n) is 17.9. The largest absolute Gasteiger partial charge is 0.326 e. The maximum atomic E-state index is 12.9. The third-order valence-electron chi connectivity index (χ3n) is 6.02. The van der Waals surface area contributed by atoms with Gasteiger partial charge < -0.3 is 5.32 Å². The van der Waals surface area contributed by atoms with Crippen molar-refractivity contribution in [3.05, 3.63) is 77.4 Å². The second kappa shape index (κ2) is 8.72. The molecule has 1 aliphatic heterocycles. The molecule has 4 rings (SSSR count). The Labute approximate surface area is 182 Å². The number of benzene rings is 3. The summed E-state index contributed by atoms with van der Waals surface area (Å²) in [5.74, 6) is -0.235. The van der Waals surface area contributed by atoms with E-state index in [9.17, 15) is 14.4 Å². The number of carbonyl (C=O) groups excluding carboxylic acids is 3. The molecule has 1 heterocycles. The molecular weight excluding hydrogens is 388 g/mol. The van der Waals surface area contributed by atoms with Crippen LogP contribution in [0.15, 0.2) is 60.7 Å². The minimum atomic E-state index is -0.296. The van der Waals surface area contributed by atoms with Crippen LogP contribution in [-0.2, 0) is 4.79 Å². The molecule has 1 atom stereocenters. The van der Waals surface area contributed by atoms with Crippen LogP contribution < -0.4 is 5.32 Å². The quantitative estimate of drug-likeness (QED) is 0.529. The second-order valence-electron chi connectivity index (χ2n) is 8.05. The monoisotopic (exact) mass is 414 g/mol. The van der Waals surface area contributed by atoms with Crippen molar-refractivity contribution in [2.75, 3.05) is 11.9 Å². The topological polar surface area (TPSA) is 66.5 Å². The van der Waals surface area contributed by atoms with Gasteiger partial charge in [-0.15, -0.1) is 0 Å². The maximum Gasteiger partial charge on any atom is 0.261 e. The van der Waals surface area contributed by atoms with Crippen molar-refractivity contribution >= 4 is 34.2 Å². The molecule has 3 amide bonds. The lowest BCUT2D eigenvalue weighted by Crippen LogP contribution is -2.41. The molecule has 0 aromatic heterocycles. The van der Waals surface area contributed by atoms with Crippen molar-refractivity contribution in [1.29, 1.82) is 0 Å². The van der Waals surface area contributed by atoms with Crippen LogP contribution in [0.3, 0.4) is 0 Å². The normalized spacial score (nSPS) is 14.1. The van der Waals surface area contributed by atoms with Gasteiger partial charge in [-0.2, -0.15) is 0 Å². The Bertz CT molecular complexity index is 1100. The predicted octanol–water partition coefficient (Wildman–Crippen LogP) is 5.37. The lowest BCUT2D eigenvalue weighted by atomic mass is 9.94. The summed E-state index contributed by atoms with van der Waals surface area (Å²) in [4.78, 5) is 39.4. The minimum Gasteiger partial charge on any atom is -0.326 e. The highest BCUT2D eigenvalue weighted by atomic mass is 16.2. The van der Waals surface area contributed by atoms with E-state index in [1.54, 1.807) is 12.1 Å². The van der Waals surface area contributed by atoms with Crippen molar-refractivity contribution in [2.45, 2.75) is 39.0 Å². The molecule has 0 aliphatic carbocycles. The second-order valence-corrected chi connectivity index (χ2v) is 8.05. The fraction of sp³-hybridized carbons (Fsp3) is 0.269. The maximum absolute atomic E-state index is 12.9. The van der Waals surface area contributed by atoms with Gasteiger partial charge in [0.05, 0.1) is 0 Å². The van der Waals surface area contributed by atoms with Crippen LogP contribution >= 0.6 is 0 Å². The summed E-state index contributed by atoms with van der Waals surface area (Å²) in [6, 6.07) is 18.9. The van der Waals surface area contributed by atoms with E-state index >= 15 is 0 Å². The first-order valence-electron chi connectivity index (χ1n) is 10.8. The molecule has 0 saturated heterocycles. The lowest BCUT2D eigenvalue weighted by Gasteiger charge is -2.27. The van der Waals surface area contributed by atoms with Crippen molar-refractivity contribution in [1.82, 2.24) is 4.90 Å². The molecular formula is C26H26N2O3. The van der Waals surface area contributed by atoms with Crippen LogP contribution in [0, 0.1) is 0 Å². The number of imide groups is 1. The van der Waals surface area contributed by atoms with E-state index in [1.165, 1.54) is 10.5 Å². The summed E-state index contributed by atoms with van der Waals surface area (Å²) in [7, 11) is 0. The number of amides is 3. The highest BCUT2D eigenvalue weighted by Crippen LogP contribution is 2.30. The number of carbonyl (C=O) groups is 3. The van der Waals surface area contributed by atoms with Crippen molar-refractivity contribution in [2.24, 2.45) is 0 Å². The van der Waals surface area contributed by atoms with Gasteiger partial charge in [-0.3, -0.25) is 19.3 Å². The van der Waals surface area contributed by atoms with Gasteiger partial charge in [-0.1, -0.05) is 50.2 Å². The van der Waals surface area contributed by atoms with Gasteiger partial charge in [0, 0.05) is 35.2 Å². The lowest BCUT2D eigenvalue weighted by molar-refractivity contribution is -0.116. The predicted molar refractivity (Wildman–Crippen MR) is 122 cm³/mol. The molecule has 0 fully saturated rings. The van der Waals surface area contributed by atoms with Crippen LogP contribution in [0.25, 0.3) is 10.8 Å². The number of hydrogen-bond donors (Lipinski definition) is 1. The van der Waals surface area contributed by atoms with E-state index in [2.05, 4.69) is 19.2 Å². The molecule has 1 N–H and O–H groups in total. The number of nitrogens with zero attached hydrogens (tertiary/aromatic N) is 1. The molecule has 31 heavy (non-hydrogen) atoms. The van der Waals surface area contributed by atoms with Gasteiger partial charge in [-0.25, -0.2) is 0 Å². The smallest absolute Gasteiger partial charge is 0.261 e. The Hall–Kier alpha value is -3.47. The van der Waals surface area contributed by atoms with Crippen molar-refractivity contribution in [3.63, 3.8) is 0 Å². The summed E-state index contributed by atoms with van der Waals surface area (Å²) in [5.41, 5.74) is 3.08. The molecule has 0 bridgehead atoms. The van der Waals surface area contributed by atoms with Gasteiger partial charge >= 0.3 is 0 Å². The standard InChI is InChI=1S/C26H26N2O3/c1-3-17(2)18-12-14-20(15-13-18)27-23(29)11-6-16-28-25(30)21-9-4-7-19-8-5-10-22(24(19)21)26(28)31/h4-5,7-10,12-15,17H,3,6,11,16H2,1-2H3,(H,27,29)/t17-/m0/s1. The third-order valence-corrected chi connectivity index (χ3v) is 6.02. The number of hydrogen-bond acceptors (Lipinski definition) is 3. The summed E-state index contributed by atoms with van der Waals surface area (Å²) >= 11 is 0. The van der Waals surface area contributed by atoms with E-state index in [1.807, 2.05) is 48.5 Å². The first-order chi connectivity index (χ1) is 15.0. The van der Waals surface area contributed by atoms with Gasteiger partial charge in [0.1, 0.15) is 0 Å². The van der Waals surface area contributed by atoms with Crippen molar-refractivity contribution in [3.8, 4) is 0 Å². The number of anilines is 1. The van der Waals surface area contributed by atoms with E-state index in [-0.39, 0.29) is 30.7 Å². The summed E-state index contributed by atoms with van der Waals surface area (Å²) in [6.07, 6.45) is 1.71.